The van der Waals surface area contributed by atoms with Crippen molar-refractivity contribution >= 4 is 20.9 Å². The zero-order valence-corrected chi connectivity index (χ0v) is 16.8. The van der Waals surface area contributed by atoms with Gasteiger partial charge in [-0.15, -0.1) is 0 Å². The van der Waals surface area contributed by atoms with Crippen molar-refractivity contribution in [3.63, 3.8) is 0 Å². The van der Waals surface area contributed by atoms with E-state index in [0.717, 1.165) is 27.9 Å². The molecule has 0 aliphatic rings. The second-order valence-corrected chi connectivity index (χ2v) is 8.79. The number of aromatic amines is 1. The van der Waals surface area contributed by atoms with Crippen LogP contribution in [-0.2, 0) is 16.4 Å². The minimum absolute atomic E-state index is 0.368. The predicted molar refractivity (Wildman–Crippen MR) is 107 cm³/mol. The Balaban J connectivity index is 1.81. The van der Waals surface area contributed by atoms with Crippen LogP contribution in [0.2, 0.25) is 0 Å². The van der Waals surface area contributed by atoms with Gasteiger partial charge in [0.05, 0.1) is 4.90 Å². The average Bonchev–Trinajstić information content (AvgIpc) is 2.87. The van der Waals surface area contributed by atoms with Crippen LogP contribution in [0.15, 0.2) is 35.2 Å². The van der Waals surface area contributed by atoms with E-state index >= 15 is 0 Å². The van der Waals surface area contributed by atoms with Crippen LogP contribution in [0.25, 0.3) is 10.9 Å². The zero-order valence-electron chi connectivity index (χ0n) is 16.0. The van der Waals surface area contributed by atoms with E-state index in [0.29, 0.717) is 17.9 Å². The van der Waals surface area contributed by atoms with Crippen molar-refractivity contribution in [2.24, 2.45) is 0 Å². The lowest BCUT2D eigenvalue weighted by molar-refractivity contribution is 0.581. The van der Waals surface area contributed by atoms with Crippen molar-refractivity contribution in [3.8, 4) is 0 Å². The molecule has 0 fully saturated rings. The third-order valence-electron chi connectivity index (χ3n) is 5.24. The molecule has 0 spiro atoms. The maximum atomic E-state index is 12.7. The lowest BCUT2D eigenvalue weighted by atomic mass is 10.1. The van der Waals surface area contributed by atoms with Crippen molar-refractivity contribution in [2.75, 3.05) is 6.54 Å². The molecule has 2 aromatic carbocycles. The molecular formula is C21H26N2O2S. The summed E-state index contributed by atoms with van der Waals surface area (Å²) < 4.78 is 28.2. The molecule has 0 bridgehead atoms. The molecule has 0 saturated heterocycles. The van der Waals surface area contributed by atoms with E-state index in [1.54, 1.807) is 6.07 Å². The first kappa shape index (κ1) is 18.7. The molecule has 0 saturated carbocycles. The summed E-state index contributed by atoms with van der Waals surface area (Å²) in [6.07, 6.45) is 0.651. The highest BCUT2D eigenvalue weighted by Gasteiger charge is 2.18. The van der Waals surface area contributed by atoms with Crippen LogP contribution >= 0.6 is 0 Å². The Morgan fingerprint density at radius 3 is 2.42 bits per heavy atom. The molecule has 4 nitrogen and oxygen atoms in total. The topological polar surface area (TPSA) is 62.0 Å². The molecule has 3 rings (SSSR count). The fourth-order valence-electron chi connectivity index (χ4n) is 3.43. The Hall–Kier alpha value is -2.11. The molecule has 1 heterocycles. The average molecular weight is 371 g/mol. The first-order valence-electron chi connectivity index (χ1n) is 8.85. The number of H-pyrrole nitrogens is 1. The summed E-state index contributed by atoms with van der Waals surface area (Å²) in [6.45, 7) is 10.3. The van der Waals surface area contributed by atoms with Crippen LogP contribution in [0.3, 0.4) is 0 Å². The fourth-order valence-corrected chi connectivity index (χ4v) is 4.76. The molecule has 0 atom stereocenters. The van der Waals surface area contributed by atoms with E-state index in [1.165, 1.54) is 16.5 Å². The Bertz CT molecular complexity index is 1080. The van der Waals surface area contributed by atoms with Crippen LogP contribution in [0.4, 0.5) is 0 Å². The zero-order chi connectivity index (χ0) is 19.1. The molecular weight excluding hydrogens is 344 g/mol. The van der Waals surface area contributed by atoms with E-state index in [9.17, 15) is 8.42 Å². The summed E-state index contributed by atoms with van der Waals surface area (Å²) in [4.78, 5) is 3.75. The van der Waals surface area contributed by atoms with Crippen molar-refractivity contribution in [1.29, 1.82) is 0 Å². The Labute approximate surface area is 155 Å². The van der Waals surface area contributed by atoms with Gasteiger partial charge in [0.25, 0.3) is 0 Å². The largest absolute Gasteiger partial charge is 0.358 e. The monoisotopic (exact) mass is 370 g/mol. The smallest absolute Gasteiger partial charge is 0.240 e. The highest BCUT2D eigenvalue weighted by atomic mass is 32.2. The Kier molecular flexibility index (Phi) is 4.95. The number of nitrogens with one attached hydrogen (secondary N) is 2. The number of aryl methyl sites for hydroxylation is 3. The molecule has 0 amide bonds. The van der Waals surface area contributed by atoms with E-state index in [4.69, 9.17) is 0 Å². The molecule has 26 heavy (non-hydrogen) atoms. The number of aromatic nitrogens is 1. The third kappa shape index (κ3) is 3.41. The van der Waals surface area contributed by atoms with Crippen LogP contribution in [0.1, 0.15) is 33.5 Å². The molecule has 138 valence electrons. The summed E-state index contributed by atoms with van der Waals surface area (Å²) >= 11 is 0. The van der Waals surface area contributed by atoms with Gasteiger partial charge in [-0.1, -0.05) is 17.7 Å². The minimum Gasteiger partial charge on any atom is -0.358 e. The molecule has 0 unspecified atom stereocenters. The minimum atomic E-state index is -3.52. The van der Waals surface area contributed by atoms with Gasteiger partial charge in [-0.2, -0.15) is 0 Å². The van der Waals surface area contributed by atoms with Crippen LogP contribution in [0, 0.1) is 34.6 Å². The van der Waals surface area contributed by atoms with Crippen molar-refractivity contribution in [2.45, 2.75) is 45.9 Å². The van der Waals surface area contributed by atoms with E-state index in [-0.39, 0.29) is 0 Å². The third-order valence-corrected chi connectivity index (χ3v) is 6.85. The molecule has 5 heteroatoms. The second kappa shape index (κ2) is 6.89. The normalized spacial score (nSPS) is 12.0. The number of benzene rings is 2. The SMILES string of the molecule is Cc1ccc2[nH]c(C)c(CCNS(=O)(=O)c3ccc(C)c(C)c3C)c2c1. The summed E-state index contributed by atoms with van der Waals surface area (Å²) in [5.41, 5.74) is 7.49. The number of fused-ring (bicyclic) bond motifs is 1. The van der Waals surface area contributed by atoms with Crippen molar-refractivity contribution in [3.05, 3.63) is 63.8 Å². The van der Waals surface area contributed by atoms with Crippen molar-refractivity contribution < 1.29 is 8.42 Å². The van der Waals surface area contributed by atoms with Crippen LogP contribution < -0.4 is 4.72 Å². The molecule has 0 aliphatic carbocycles. The lowest BCUT2D eigenvalue weighted by Crippen LogP contribution is -2.27. The highest BCUT2D eigenvalue weighted by Crippen LogP contribution is 2.24. The van der Waals surface area contributed by atoms with Crippen LogP contribution in [-0.4, -0.2) is 19.9 Å². The first-order valence-corrected chi connectivity index (χ1v) is 10.3. The molecule has 0 aliphatic heterocycles. The number of hydrogen-bond donors (Lipinski definition) is 2. The van der Waals surface area contributed by atoms with E-state index in [1.807, 2.05) is 33.8 Å². The summed E-state index contributed by atoms with van der Waals surface area (Å²) in [7, 11) is -3.52. The molecule has 3 aromatic rings. The Morgan fingerprint density at radius 2 is 1.69 bits per heavy atom. The number of rotatable bonds is 5. The van der Waals surface area contributed by atoms with Gasteiger partial charge in [-0.3, -0.25) is 0 Å². The van der Waals surface area contributed by atoms with Crippen LogP contribution in [0.5, 0.6) is 0 Å². The van der Waals surface area contributed by atoms with E-state index < -0.39 is 10.0 Å². The maximum Gasteiger partial charge on any atom is 0.240 e. The molecule has 2 N–H and O–H groups in total. The fraction of sp³-hybridized carbons (Fsp3) is 0.333. The van der Waals surface area contributed by atoms with Gasteiger partial charge in [0, 0.05) is 23.1 Å². The van der Waals surface area contributed by atoms with E-state index in [2.05, 4.69) is 34.8 Å². The quantitative estimate of drug-likeness (QED) is 0.706. The standard InChI is InChI=1S/C21H26N2O2S/c1-13-6-8-20-19(12-13)18(17(5)23-20)10-11-22-26(24,25)21-9-7-14(2)15(3)16(21)4/h6-9,12,22-23H,10-11H2,1-5H3. The number of sulfonamides is 1. The lowest BCUT2D eigenvalue weighted by Gasteiger charge is -2.13. The molecule has 0 radical (unpaired) electrons. The predicted octanol–water partition coefficient (Wildman–Crippen LogP) is 4.23. The summed E-state index contributed by atoms with van der Waals surface area (Å²) in [5.74, 6) is 0. The molecule has 1 aromatic heterocycles. The maximum absolute atomic E-state index is 12.7. The Morgan fingerprint density at radius 1 is 0.962 bits per heavy atom. The van der Waals surface area contributed by atoms with Gasteiger partial charge in [0.2, 0.25) is 10.0 Å². The van der Waals surface area contributed by atoms with Gasteiger partial charge in [0.15, 0.2) is 0 Å². The summed E-state index contributed by atoms with van der Waals surface area (Å²) in [6, 6.07) is 9.86. The van der Waals surface area contributed by atoms with Gasteiger partial charge >= 0.3 is 0 Å². The van der Waals surface area contributed by atoms with Gasteiger partial charge < -0.3 is 4.98 Å². The highest BCUT2D eigenvalue weighted by molar-refractivity contribution is 7.89. The number of hydrogen-bond acceptors (Lipinski definition) is 2. The van der Waals surface area contributed by atoms with Gasteiger partial charge in [0.1, 0.15) is 0 Å². The van der Waals surface area contributed by atoms with Gasteiger partial charge in [-0.05, 0) is 81.5 Å². The van der Waals surface area contributed by atoms with Gasteiger partial charge in [-0.25, -0.2) is 13.1 Å². The first-order chi connectivity index (χ1) is 12.2. The summed E-state index contributed by atoms with van der Waals surface area (Å²) in [5, 5.41) is 1.17. The second-order valence-electron chi connectivity index (χ2n) is 7.06. The van der Waals surface area contributed by atoms with Crippen molar-refractivity contribution in [1.82, 2.24) is 9.71 Å².